The molecule has 0 radical (unpaired) electrons. The van der Waals surface area contributed by atoms with Crippen molar-refractivity contribution in [3.05, 3.63) is 53.6 Å². The highest BCUT2D eigenvalue weighted by molar-refractivity contribution is 7.18. The standard InChI is InChI=1S/C16H11ClF3N5OS/c17-11-1-2-22-13(4-11)25-15-23-7-12(27-15)9-3-10(6-21-5-9)14(26)24-8-16(18,19)20/h1-7H,8H2,(H,24,26)(H,22,23,25). The molecule has 6 nitrogen and oxygen atoms in total. The van der Waals surface area contributed by atoms with Crippen LogP contribution in [0.15, 0.2) is 43.0 Å². The molecule has 0 saturated heterocycles. The Morgan fingerprint density at radius 2 is 2.00 bits per heavy atom. The fourth-order valence-electron chi connectivity index (χ4n) is 2.03. The number of pyridine rings is 2. The molecule has 0 aliphatic heterocycles. The number of alkyl halides is 3. The summed E-state index contributed by atoms with van der Waals surface area (Å²) in [7, 11) is 0. The topological polar surface area (TPSA) is 79.8 Å². The highest BCUT2D eigenvalue weighted by Gasteiger charge is 2.28. The normalized spacial score (nSPS) is 11.3. The van der Waals surface area contributed by atoms with Crippen LogP contribution in [-0.2, 0) is 0 Å². The molecule has 27 heavy (non-hydrogen) atoms. The van der Waals surface area contributed by atoms with Gasteiger partial charge in [0.15, 0.2) is 5.13 Å². The van der Waals surface area contributed by atoms with E-state index in [1.54, 1.807) is 24.5 Å². The minimum atomic E-state index is -4.48. The number of aromatic nitrogens is 3. The largest absolute Gasteiger partial charge is 0.405 e. The van der Waals surface area contributed by atoms with Crippen LogP contribution in [0, 0.1) is 0 Å². The number of rotatable bonds is 5. The van der Waals surface area contributed by atoms with E-state index in [0.29, 0.717) is 26.4 Å². The molecule has 140 valence electrons. The van der Waals surface area contributed by atoms with Gasteiger partial charge >= 0.3 is 6.18 Å². The van der Waals surface area contributed by atoms with Crippen LogP contribution in [-0.4, -0.2) is 33.6 Å². The van der Waals surface area contributed by atoms with E-state index in [0.717, 1.165) is 0 Å². The van der Waals surface area contributed by atoms with Crippen molar-refractivity contribution in [2.75, 3.05) is 11.9 Å². The quantitative estimate of drug-likeness (QED) is 0.652. The van der Waals surface area contributed by atoms with Gasteiger partial charge in [0.2, 0.25) is 0 Å². The number of nitrogens with zero attached hydrogens (tertiary/aromatic N) is 3. The molecule has 0 aromatic carbocycles. The minimum Gasteiger partial charge on any atom is -0.343 e. The third-order valence-electron chi connectivity index (χ3n) is 3.20. The monoisotopic (exact) mass is 413 g/mol. The smallest absolute Gasteiger partial charge is 0.343 e. The SMILES string of the molecule is O=C(NCC(F)(F)F)c1cncc(-c2cnc(Nc3cc(Cl)ccn3)s2)c1. The second-order valence-electron chi connectivity index (χ2n) is 5.27. The molecule has 3 rings (SSSR count). The molecule has 0 unspecified atom stereocenters. The Kier molecular flexibility index (Phi) is 5.57. The molecule has 3 aromatic heterocycles. The zero-order valence-corrected chi connectivity index (χ0v) is 15.0. The first-order valence-electron chi connectivity index (χ1n) is 7.45. The Morgan fingerprint density at radius 1 is 1.19 bits per heavy atom. The highest BCUT2D eigenvalue weighted by atomic mass is 35.5. The first-order valence-corrected chi connectivity index (χ1v) is 8.64. The van der Waals surface area contributed by atoms with E-state index in [1.165, 1.54) is 29.8 Å². The summed E-state index contributed by atoms with van der Waals surface area (Å²) in [4.78, 5) is 24.8. The zero-order chi connectivity index (χ0) is 19.4. The number of hydrogen-bond acceptors (Lipinski definition) is 6. The number of hydrogen-bond donors (Lipinski definition) is 2. The molecule has 0 atom stereocenters. The van der Waals surface area contributed by atoms with Gasteiger partial charge in [-0.25, -0.2) is 9.97 Å². The Labute approximate surface area is 160 Å². The van der Waals surface area contributed by atoms with Crippen LogP contribution in [0.2, 0.25) is 5.02 Å². The molecule has 0 fully saturated rings. The number of thiazole rings is 1. The van der Waals surface area contributed by atoms with Crippen LogP contribution < -0.4 is 10.6 Å². The van der Waals surface area contributed by atoms with Crippen molar-refractivity contribution in [1.82, 2.24) is 20.3 Å². The Balaban J connectivity index is 1.74. The molecule has 0 saturated carbocycles. The van der Waals surface area contributed by atoms with Crippen LogP contribution in [0.3, 0.4) is 0 Å². The van der Waals surface area contributed by atoms with Crippen LogP contribution in [0.5, 0.6) is 0 Å². The Hall–Kier alpha value is -2.72. The summed E-state index contributed by atoms with van der Waals surface area (Å²) in [6.45, 7) is -1.41. The first kappa shape index (κ1) is 19.1. The van der Waals surface area contributed by atoms with E-state index in [4.69, 9.17) is 11.6 Å². The van der Waals surface area contributed by atoms with Gasteiger partial charge in [-0.15, -0.1) is 0 Å². The van der Waals surface area contributed by atoms with Crippen molar-refractivity contribution in [2.24, 2.45) is 0 Å². The maximum atomic E-state index is 12.2. The highest BCUT2D eigenvalue weighted by Crippen LogP contribution is 2.30. The second kappa shape index (κ2) is 7.89. The number of carbonyl (C=O) groups is 1. The van der Waals surface area contributed by atoms with Gasteiger partial charge in [0.05, 0.1) is 10.4 Å². The van der Waals surface area contributed by atoms with E-state index in [-0.39, 0.29) is 5.56 Å². The minimum absolute atomic E-state index is 0.0242. The summed E-state index contributed by atoms with van der Waals surface area (Å²) < 4.78 is 36.7. The lowest BCUT2D eigenvalue weighted by molar-refractivity contribution is -0.123. The fraction of sp³-hybridized carbons (Fsp3) is 0.125. The summed E-state index contributed by atoms with van der Waals surface area (Å²) in [5, 5.41) is 5.86. The predicted molar refractivity (Wildman–Crippen MR) is 96.3 cm³/mol. The van der Waals surface area contributed by atoms with Crippen molar-refractivity contribution in [2.45, 2.75) is 6.18 Å². The summed E-state index contributed by atoms with van der Waals surface area (Å²) in [5.74, 6) is -0.338. The van der Waals surface area contributed by atoms with Gasteiger partial charge in [-0.3, -0.25) is 9.78 Å². The third kappa shape index (κ3) is 5.38. The predicted octanol–water partition coefficient (Wildman–Crippen LogP) is 4.29. The Bertz CT molecular complexity index is 963. The van der Waals surface area contributed by atoms with Crippen molar-refractivity contribution in [3.63, 3.8) is 0 Å². The number of halogens is 4. The molecular formula is C16H11ClF3N5OS. The van der Waals surface area contributed by atoms with Crippen LogP contribution >= 0.6 is 22.9 Å². The third-order valence-corrected chi connectivity index (χ3v) is 4.39. The van der Waals surface area contributed by atoms with Crippen LogP contribution in [0.4, 0.5) is 24.1 Å². The van der Waals surface area contributed by atoms with Crippen LogP contribution in [0.25, 0.3) is 10.4 Å². The summed E-state index contributed by atoms with van der Waals surface area (Å²) in [6.07, 6.45) is 1.33. The van der Waals surface area contributed by atoms with Gasteiger partial charge in [0, 0.05) is 35.4 Å². The van der Waals surface area contributed by atoms with Crippen molar-refractivity contribution in [3.8, 4) is 10.4 Å². The van der Waals surface area contributed by atoms with Crippen molar-refractivity contribution >= 4 is 39.8 Å². The van der Waals surface area contributed by atoms with Gasteiger partial charge in [0.1, 0.15) is 12.4 Å². The average molecular weight is 414 g/mol. The lowest BCUT2D eigenvalue weighted by Gasteiger charge is -2.08. The van der Waals surface area contributed by atoms with E-state index in [9.17, 15) is 18.0 Å². The summed E-state index contributed by atoms with van der Waals surface area (Å²) in [5.41, 5.74) is 0.579. The van der Waals surface area contributed by atoms with E-state index < -0.39 is 18.6 Å². The zero-order valence-electron chi connectivity index (χ0n) is 13.4. The number of nitrogens with one attached hydrogen (secondary N) is 2. The Morgan fingerprint density at radius 3 is 2.74 bits per heavy atom. The molecule has 0 aliphatic rings. The van der Waals surface area contributed by atoms with E-state index in [2.05, 4.69) is 20.3 Å². The molecule has 11 heteroatoms. The average Bonchev–Trinajstić information content (AvgIpc) is 3.08. The molecule has 3 aromatic rings. The van der Waals surface area contributed by atoms with Crippen molar-refractivity contribution in [1.29, 1.82) is 0 Å². The van der Waals surface area contributed by atoms with Crippen LogP contribution in [0.1, 0.15) is 10.4 Å². The molecule has 0 spiro atoms. The molecular weight excluding hydrogens is 403 g/mol. The molecule has 3 heterocycles. The van der Waals surface area contributed by atoms with Gasteiger partial charge in [-0.2, -0.15) is 13.2 Å². The second-order valence-corrected chi connectivity index (χ2v) is 6.74. The maximum Gasteiger partial charge on any atom is 0.405 e. The molecule has 0 aliphatic carbocycles. The first-order chi connectivity index (χ1) is 12.8. The molecule has 1 amide bonds. The van der Waals surface area contributed by atoms with Gasteiger partial charge in [-0.05, 0) is 18.2 Å². The van der Waals surface area contributed by atoms with Gasteiger partial charge in [-0.1, -0.05) is 22.9 Å². The molecule has 2 N–H and O–H groups in total. The van der Waals surface area contributed by atoms with E-state index in [1.807, 2.05) is 5.32 Å². The number of anilines is 2. The maximum absolute atomic E-state index is 12.2. The van der Waals surface area contributed by atoms with Gasteiger partial charge in [0.25, 0.3) is 5.91 Å². The van der Waals surface area contributed by atoms with E-state index >= 15 is 0 Å². The number of amides is 1. The summed E-state index contributed by atoms with van der Waals surface area (Å²) in [6, 6.07) is 4.73. The lowest BCUT2D eigenvalue weighted by Crippen LogP contribution is -2.33. The number of carbonyl (C=O) groups excluding carboxylic acids is 1. The summed E-state index contributed by atoms with van der Waals surface area (Å²) >= 11 is 7.17. The lowest BCUT2D eigenvalue weighted by atomic mass is 10.2. The van der Waals surface area contributed by atoms with Crippen molar-refractivity contribution < 1.29 is 18.0 Å². The fourth-order valence-corrected chi connectivity index (χ4v) is 2.99. The molecule has 0 bridgehead atoms. The van der Waals surface area contributed by atoms with Gasteiger partial charge < -0.3 is 10.6 Å².